The molecule has 1 aromatic carbocycles. The Labute approximate surface area is 176 Å². The second-order valence-corrected chi connectivity index (χ2v) is 9.92. The van der Waals surface area contributed by atoms with E-state index in [1.54, 1.807) is 18.2 Å². The first kappa shape index (κ1) is 20.3. The van der Waals surface area contributed by atoms with E-state index >= 15 is 0 Å². The van der Waals surface area contributed by atoms with Gasteiger partial charge in [-0.05, 0) is 86.3 Å². The third-order valence-electron chi connectivity index (χ3n) is 7.11. The van der Waals surface area contributed by atoms with Crippen LogP contribution in [0.15, 0.2) is 18.2 Å². The van der Waals surface area contributed by atoms with Gasteiger partial charge in [-0.3, -0.25) is 4.79 Å². The molecule has 2 N–H and O–H groups in total. The summed E-state index contributed by atoms with van der Waals surface area (Å²) in [6.07, 6.45) is 8.05. The molecule has 6 heteroatoms. The summed E-state index contributed by atoms with van der Waals surface area (Å²) in [7, 11) is 0. The van der Waals surface area contributed by atoms with Crippen molar-refractivity contribution in [1.82, 2.24) is 5.32 Å². The maximum atomic E-state index is 12.5. The van der Waals surface area contributed by atoms with Gasteiger partial charge in [0.15, 0.2) is 0 Å². The number of hydrogen-bond acceptors (Lipinski definition) is 3. The van der Waals surface area contributed by atoms with E-state index < -0.39 is 0 Å². The molecule has 0 heterocycles. The minimum absolute atomic E-state index is 0.107. The fraction of sp³-hybridized carbons (Fsp3) is 0.682. The van der Waals surface area contributed by atoms with Crippen LogP contribution < -0.4 is 10.1 Å². The van der Waals surface area contributed by atoms with Crippen LogP contribution in [0.3, 0.4) is 0 Å². The number of ether oxygens (including phenoxy) is 1. The number of rotatable bonds is 7. The Bertz CT molecular complexity index is 728. The van der Waals surface area contributed by atoms with Gasteiger partial charge < -0.3 is 15.2 Å². The number of amides is 1. The molecule has 0 saturated heterocycles. The first-order valence-electron chi connectivity index (χ1n) is 10.5. The highest BCUT2D eigenvalue weighted by Gasteiger charge is 2.53. The molecule has 5 atom stereocenters. The van der Waals surface area contributed by atoms with Crippen molar-refractivity contribution in [3.63, 3.8) is 0 Å². The highest BCUT2D eigenvalue weighted by Crippen LogP contribution is 2.59. The third kappa shape index (κ3) is 4.29. The van der Waals surface area contributed by atoms with E-state index in [9.17, 15) is 9.90 Å². The van der Waals surface area contributed by atoms with Crippen LogP contribution in [-0.2, 0) is 4.79 Å². The molecule has 3 aliphatic carbocycles. The van der Waals surface area contributed by atoms with Gasteiger partial charge in [-0.15, -0.1) is 0 Å². The van der Waals surface area contributed by atoms with Crippen LogP contribution in [0.25, 0.3) is 0 Å². The van der Waals surface area contributed by atoms with Gasteiger partial charge in [0, 0.05) is 24.1 Å². The number of aliphatic hydroxyl groups is 1. The number of halogens is 2. The molecule has 4 nitrogen and oxygen atoms in total. The van der Waals surface area contributed by atoms with Crippen molar-refractivity contribution in [3.8, 4) is 5.75 Å². The average molecular weight is 426 g/mol. The normalized spacial score (nSPS) is 33.5. The molecule has 154 valence electrons. The standard InChI is InChI=1S/C22H29Cl2NO3/c23-16-4-6-20(18(24)9-16)28-7-1-2-21(27)25-19-5-3-14-8-15-11-22(10-14,13-26)12-17(15)19/h4,6,9,14-15,17,19,26H,1-3,5,7-8,10-13H2,(H,25,27). The minimum atomic E-state index is 0.107. The Morgan fingerprint density at radius 1 is 1.25 bits per heavy atom. The Morgan fingerprint density at radius 2 is 2.11 bits per heavy atom. The summed E-state index contributed by atoms with van der Waals surface area (Å²) in [4.78, 5) is 12.5. The number of fused-ring (bicyclic) bond motifs is 2. The van der Waals surface area contributed by atoms with E-state index in [0.29, 0.717) is 53.7 Å². The predicted molar refractivity (Wildman–Crippen MR) is 111 cm³/mol. The van der Waals surface area contributed by atoms with Gasteiger partial charge in [0.25, 0.3) is 0 Å². The van der Waals surface area contributed by atoms with E-state index in [2.05, 4.69) is 5.32 Å². The van der Waals surface area contributed by atoms with Gasteiger partial charge in [0.05, 0.1) is 11.6 Å². The van der Waals surface area contributed by atoms with Crippen molar-refractivity contribution in [3.05, 3.63) is 28.2 Å². The van der Waals surface area contributed by atoms with Crippen molar-refractivity contribution < 1.29 is 14.6 Å². The monoisotopic (exact) mass is 425 g/mol. The molecule has 3 bridgehead atoms. The zero-order valence-electron chi connectivity index (χ0n) is 16.1. The summed E-state index contributed by atoms with van der Waals surface area (Å²) < 4.78 is 5.67. The number of carbonyl (C=O) groups excluding carboxylic acids is 1. The second-order valence-electron chi connectivity index (χ2n) is 9.07. The van der Waals surface area contributed by atoms with Crippen molar-refractivity contribution in [2.24, 2.45) is 23.2 Å². The number of nitrogens with one attached hydrogen (secondary N) is 1. The van der Waals surface area contributed by atoms with E-state index in [0.717, 1.165) is 25.2 Å². The van der Waals surface area contributed by atoms with Gasteiger partial charge in [-0.25, -0.2) is 0 Å². The molecule has 1 aromatic rings. The van der Waals surface area contributed by atoms with E-state index in [4.69, 9.17) is 27.9 Å². The van der Waals surface area contributed by atoms with Crippen LogP contribution in [0.1, 0.15) is 51.4 Å². The van der Waals surface area contributed by atoms with E-state index in [1.807, 2.05) is 0 Å². The first-order valence-corrected chi connectivity index (χ1v) is 11.2. The average Bonchev–Trinajstić information content (AvgIpc) is 2.88. The SMILES string of the molecule is O=C(CCCOc1ccc(Cl)cc1Cl)NC1CCC2CC3CC(CO)(C2)CC31. The van der Waals surface area contributed by atoms with Crippen LogP contribution in [0.2, 0.25) is 10.0 Å². The topological polar surface area (TPSA) is 58.6 Å². The zero-order chi connectivity index (χ0) is 19.7. The van der Waals surface area contributed by atoms with Crippen LogP contribution in [-0.4, -0.2) is 30.3 Å². The summed E-state index contributed by atoms with van der Waals surface area (Å²) in [5.74, 6) is 2.64. The van der Waals surface area contributed by atoms with Gasteiger partial charge >= 0.3 is 0 Å². The lowest BCUT2D eigenvalue weighted by Crippen LogP contribution is -2.41. The van der Waals surface area contributed by atoms with E-state index in [-0.39, 0.29) is 17.4 Å². The Kier molecular flexibility index (Phi) is 6.10. The predicted octanol–water partition coefficient (Wildman–Crippen LogP) is 4.85. The highest BCUT2D eigenvalue weighted by molar-refractivity contribution is 6.35. The minimum Gasteiger partial charge on any atom is -0.492 e. The number of benzene rings is 1. The lowest BCUT2D eigenvalue weighted by atomic mass is 9.70. The number of carbonyl (C=O) groups is 1. The molecule has 3 fully saturated rings. The molecule has 4 rings (SSSR count). The Hall–Kier alpha value is -0.970. The van der Waals surface area contributed by atoms with Crippen LogP contribution in [0.4, 0.5) is 0 Å². The number of aliphatic hydroxyl groups excluding tert-OH is 1. The van der Waals surface area contributed by atoms with Gasteiger partial charge in [-0.2, -0.15) is 0 Å². The summed E-state index contributed by atoms with van der Waals surface area (Å²) in [6, 6.07) is 5.41. The molecule has 0 spiro atoms. The van der Waals surface area contributed by atoms with Crippen LogP contribution in [0.5, 0.6) is 5.75 Å². The van der Waals surface area contributed by atoms with Crippen LogP contribution in [0, 0.1) is 23.2 Å². The maximum absolute atomic E-state index is 12.5. The molecule has 3 aliphatic rings. The fourth-order valence-electron chi connectivity index (χ4n) is 5.99. The van der Waals surface area contributed by atoms with Gasteiger partial charge in [0.1, 0.15) is 5.75 Å². The second kappa shape index (κ2) is 8.41. The molecule has 3 saturated carbocycles. The van der Waals surface area contributed by atoms with Gasteiger partial charge in [0.2, 0.25) is 5.91 Å². The highest BCUT2D eigenvalue weighted by atomic mass is 35.5. The molecule has 0 aromatic heterocycles. The summed E-state index contributed by atoms with van der Waals surface area (Å²) in [5.41, 5.74) is 0.132. The van der Waals surface area contributed by atoms with Crippen molar-refractivity contribution >= 4 is 29.1 Å². The van der Waals surface area contributed by atoms with Crippen molar-refractivity contribution in [1.29, 1.82) is 0 Å². The molecule has 0 radical (unpaired) electrons. The lowest BCUT2D eigenvalue weighted by molar-refractivity contribution is -0.122. The molecule has 0 aliphatic heterocycles. The van der Waals surface area contributed by atoms with Gasteiger partial charge in [-0.1, -0.05) is 23.2 Å². The summed E-state index contributed by atoms with van der Waals surface area (Å²) in [6.45, 7) is 0.753. The molecule has 28 heavy (non-hydrogen) atoms. The smallest absolute Gasteiger partial charge is 0.220 e. The first-order chi connectivity index (χ1) is 13.5. The third-order valence-corrected chi connectivity index (χ3v) is 7.64. The summed E-state index contributed by atoms with van der Waals surface area (Å²) >= 11 is 12.0. The van der Waals surface area contributed by atoms with Crippen molar-refractivity contribution in [2.45, 2.75) is 57.4 Å². The molecular formula is C22H29Cl2NO3. The van der Waals surface area contributed by atoms with E-state index in [1.165, 1.54) is 19.3 Å². The lowest BCUT2D eigenvalue weighted by Gasteiger charge is -2.36. The van der Waals surface area contributed by atoms with Crippen LogP contribution >= 0.6 is 23.2 Å². The zero-order valence-corrected chi connectivity index (χ0v) is 17.6. The Morgan fingerprint density at radius 3 is 2.89 bits per heavy atom. The number of hydrogen-bond donors (Lipinski definition) is 2. The molecular weight excluding hydrogens is 397 g/mol. The summed E-state index contributed by atoms with van der Waals surface area (Å²) in [5, 5.41) is 14.3. The molecule has 5 unspecified atom stereocenters. The van der Waals surface area contributed by atoms with Crippen molar-refractivity contribution in [2.75, 3.05) is 13.2 Å². The molecule has 1 amide bonds. The largest absolute Gasteiger partial charge is 0.492 e. The quantitative estimate of drug-likeness (QED) is 0.613. The fourth-order valence-corrected chi connectivity index (χ4v) is 6.45. The maximum Gasteiger partial charge on any atom is 0.220 e. The Balaban J connectivity index is 1.25.